The third kappa shape index (κ3) is 5.09. The number of nitrogens with one attached hydrogen (secondary N) is 2. The average molecular weight is 347 g/mol. The van der Waals surface area contributed by atoms with Gasteiger partial charge in [-0.2, -0.15) is 0 Å². The fraction of sp³-hybridized carbons (Fsp3) is 0.0588. The van der Waals surface area contributed by atoms with E-state index in [0.29, 0.717) is 28.6 Å². The van der Waals surface area contributed by atoms with Gasteiger partial charge in [-0.1, -0.05) is 36.4 Å². The predicted molar refractivity (Wildman–Crippen MR) is 97.3 cm³/mol. The molecule has 1 amide bonds. The second-order valence-corrected chi connectivity index (χ2v) is 5.36. The maximum absolute atomic E-state index is 12.1. The minimum absolute atomic E-state index is 0.180. The number of carbonyl (C=O) groups excluding carboxylic acids is 1. The highest BCUT2D eigenvalue weighted by Gasteiger charge is 2.09. The largest absolute Gasteiger partial charge is 0.487 e. The van der Waals surface area contributed by atoms with Gasteiger partial charge in [0.05, 0.1) is 5.69 Å². The van der Waals surface area contributed by atoms with Crippen LogP contribution >= 0.6 is 23.8 Å². The van der Waals surface area contributed by atoms with Gasteiger partial charge in [-0.05, 0) is 48.6 Å². The summed E-state index contributed by atoms with van der Waals surface area (Å²) in [5, 5.41) is 6.30. The lowest BCUT2D eigenvalue weighted by Crippen LogP contribution is -2.34. The zero-order valence-corrected chi connectivity index (χ0v) is 13.8. The molecule has 0 aliphatic heterocycles. The van der Waals surface area contributed by atoms with Gasteiger partial charge in [0.1, 0.15) is 12.4 Å². The Balaban J connectivity index is 2.00. The summed E-state index contributed by atoms with van der Waals surface area (Å²) in [6.07, 6.45) is 1.65. The van der Waals surface area contributed by atoms with Crippen molar-refractivity contribution in [3.63, 3.8) is 0 Å². The Hall–Kier alpha value is -2.37. The van der Waals surface area contributed by atoms with Gasteiger partial charge < -0.3 is 10.1 Å². The SMILES string of the molecule is C=CCOc1ccccc1NC(=S)NC(=O)c1ccc(Cl)cc1. The number of carbonyl (C=O) groups is 1. The Morgan fingerprint density at radius 2 is 1.91 bits per heavy atom. The summed E-state index contributed by atoms with van der Waals surface area (Å²) in [6.45, 7) is 3.99. The topological polar surface area (TPSA) is 50.4 Å². The number of benzene rings is 2. The van der Waals surface area contributed by atoms with Crippen LogP contribution in [0.15, 0.2) is 61.2 Å². The zero-order chi connectivity index (χ0) is 16.7. The number of halogens is 1. The van der Waals surface area contributed by atoms with Gasteiger partial charge in [0, 0.05) is 10.6 Å². The van der Waals surface area contributed by atoms with Crippen LogP contribution in [0.5, 0.6) is 5.75 Å². The lowest BCUT2D eigenvalue weighted by Gasteiger charge is -2.13. The molecule has 0 unspecified atom stereocenters. The highest BCUT2D eigenvalue weighted by Crippen LogP contribution is 2.23. The molecule has 2 rings (SSSR count). The maximum Gasteiger partial charge on any atom is 0.257 e. The number of para-hydroxylation sites is 2. The summed E-state index contributed by atoms with van der Waals surface area (Å²) in [7, 11) is 0. The Bertz CT molecular complexity index is 717. The average Bonchev–Trinajstić information content (AvgIpc) is 2.54. The second-order valence-electron chi connectivity index (χ2n) is 4.51. The molecular formula is C17H15ClN2O2S. The summed E-state index contributed by atoms with van der Waals surface area (Å²) in [5.41, 5.74) is 1.13. The van der Waals surface area contributed by atoms with Crippen molar-refractivity contribution in [3.05, 3.63) is 71.8 Å². The first kappa shape index (κ1) is 17.0. The first-order valence-corrected chi connectivity index (χ1v) is 7.59. The molecule has 0 aliphatic carbocycles. The van der Waals surface area contributed by atoms with Crippen molar-refractivity contribution < 1.29 is 9.53 Å². The molecule has 0 radical (unpaired) electrons. The fourth-order valence-corrected chi connectivity index (χ4v) is 2.10. The van der Waals surface area contributed by atoms with Crippen LogP contribution in [0.3, 0.4) is 0 Å². The molecule has 0 aromatic heterocycles. The molecule has 118 valence electrons. The van der Waals surface area contributed by atoms with E-state index in [4.69, 9.17) is 28.6 Å². The van der Waals surface area contributed by atoms with E-state index >= 15 is 0 Å². The minimum Gasteiger partial charge on any atom is -0.487 e. The minimum atomic E-state index is -0.316. The van der Waals surface area contributed by atoms with Gasteiger partial charge >= 0.3 is 0 Å². The third-order valence-electron chi connectivity index (χ3n) is 2.83. The van der Waals surface area contributed by atoms with Crippen molar-refractivity contribution in [2.24, 2.45) is 0 Å². The van der Waals surface area contributed by atoms with Crippen LogP contribution in [0.4, 0.5) is 5.69 Å². The van der Waals surface area contributed by atoms with Crippen molar-refractivity contribution in [1.82, 2.24) is 5.32 Å². The van der Waals surface area contributed by atoms with Crippen LogP contribution < -0.4 is 15.4 Å². The van der Waals surface area contributed by atoms with Gasteiger partial charge in [-0.25, -0.2) is 0 Å². The Morgan fingerprint density at radius 1 is 1.22 bits per heavy atom. The van der Waals surface area contributed by atoms with Gasteiger partial charge in [-0.3, -0.25) is 10.1 Å². The molecule has 23 heavy (non-hydrogen) atoms. The number of amides is 1. The molecule has 0 spiro atoms. The first-order valence-electron chi connectivity index (χ1n) is 6.81. The standard InChI is InChI=1S/C17H15ClN2O2S/c1-2-11-22-15-6-4-3-5-14(15)19-17(23)20-16(21)12-7-9-13(18)10-8-12/h2-10H,1,11H2,(H2,19,20,21,23). The summed E-state index contributed by atoms with van der Waals surface area (Å²) >= 11 is 11.0. The maximum atomic E-state index is 12.1. The van der Waals surface area contributed by atoms with Gasteiger partial charge in [0.2, 0.25) is 0 Å². The van der Waals surface area contributed by atoms with E-state index in [2.05, 4.69) is 17.2 Å². The molecule has 0 bridgehead atoms. The van der Waals surface area contributed by atoms with E-state index in [9.17, 15) is 4.79 Å². The van der Waals surface area contributed by atoms with E-state index in [1.807, 2.05) is 12.1 Å². The molecule has 2 N–H and O–H groups in total. The quantitative estimate of drug-likeness (QED) is 0.634. The Morgan fingerprint density at radius 3 is 2.61 bits per heavy atom. The molecule has 4 nitrogen and oxygen atoms in total. The summed E-state index contributed by atoms with van der Waals surface area (Å²) in [5.74, 6) is 0.305. The van der Waals surface area contributed by atoms with Crippen LogP contribution in [0.1, 0.15) is 10.4 Å². The Labute approximate surface area is 145 Å². The zero-order valence-electron chi connectivity index (χ0n) is 12.2. The smallest absolute Gasteiger partial charge is 0.257 e. The van der Waals surface area contributed by atoms with Gasteiger partial charge in [-0.15, -0.1) is 0 Å². The van der Waals surface area contributed by atoms with Crippen molar-refractivity contribution in [3.8, 4) is 5.75 Å². The van der Waals surface area contributed by atoms with Gasteiger partial charge in [0.15, 0.2) is 5.11 Å². The molecule has 0 saturated heterocycles. The van der Waals surface area contributed by atoms with Crippen molar-refractivity contribution >= 4 is 40.5 Å². The van der Waals surface area contributed by atoms with Crippen molar-refractivity contribution in [2.45, 2.75) is 0 Å². The van der Waals surface area contributed by atoms with Crippen LogP contribution in [-0.4, -0.2) is 17.6 Å². The van der Waals surface area contributed by atoms with Crippen LogP contribution in [0.2, 0.25) is 5.02 Å². The molecule has 0 fully saturated rings. The first-order chi connectivity index (χ1) is 11.1. The van der Waals surface area contributed by atoms with Crippen LogP contribution in [0.25, 0.3) is 0 Å². The summed E-state index contributed by atoms with van der Waals surface area (Å²) < 4.78 is 5.52. The molecule has 0 saturated carbocycles. The molecule has 0 heterocycles. The number of thiocarbonyl (C=S) groups is 1. The second kappa shape index (κ2) is 8.31. The predicted octanol–water partition coefficient (Wildman–Crippen LogP) is 4.03. The van der Waals surface area contributed by atoms with Crippen molar-refractivity contribution in [1.29, 1.82) is 0 Å². The Kier molecular flexibility index (Phi) is 6.14. The summed E-state index contributed by atoms with van der Waals surface area (Å²) in [6, 6.07) is 13.8. The van der Waals surface area contributed by atoms with Crippen LogP contribution in [-0.2, 0) is 0 Å². The van der Waals surface area contributed by atoms with E-state index in [0.717, 1.165) is 0 Å². The van der Waals surface area contributed by atoms with E-state index in [1.165, 1.54) is 0 Å². The van der Waals surface area contributed by atoms with Crippen molar-refractivity contribution in [2.75, 3.05) is 11.9 Å². The van der Waals surface area contributed by atoms with Crippen LogP contribution in [0, 0.1) is 0 Å². The summed E-state index contributed by atoms with van der Waals surface area (Å²) in [4.78, 5) is 12.1. The monoisotopic (exact) mass is 346 g/mol. The molecular weight excluding hydrogens is 332 g/mol. The van der Waals surface area contributed by atoms with E-state index < -0.39 is 0 Å². The number of anilines is 1. The lowest BCUT2D eigenvalue weighted by atomic mass is 10.2. The molecule has 6 heteroatoms. The van der Waals surface area contributed by atoms with E-state index in [1.54, 1.807) is 42.5 Å². The lowest BCUT2D eigenvalue weighted by molar-refractivity contribution is 0.0977. The number of hydrogen-bond acceptors (Lipinski definition) is 3. The number of ether oxygens (including phenoxy) is 1. The molecule has 2 aromatic rings. The number of rotatable bonds is 5. The molecule has 0 atom stereocenters. The highest BCUT2D eigenvalue weighted by molar-refractivity contribution is 7.80. The fourth-order valence-electron chi connectivity index (χ4n) is 1.77. The normalized spacial score (nSPS) is 9.78. The van der Waals surface area contributed by atoms with E-state index in [-0.39, 0.29) is 11.0 Å². The third-order valence-corrected chi connectivity index (χ3v) is 3.28. The van der Waals surface area contributed by atoms with Gasteiger partial charge in [0.25, 0.3) is 5.91 Å². The molecule has 0 aliphatic rings. The number of hydrogen-bond donors (Lipinski definition) is 2. The highest BCUT2D eigenvalue weighted by atomic mass is 35.5. The molecule has 2 aromatic carbocycles.